The third-order valence-corrected chi connectivity index (χ3v) is 6.38. The van der Waals surface area contributed by atoms with Crippen LogP contribution >= 0.6 is 0 Å². The Labute approximate surface area is 183 Å². The van der Waals surface area contributed by atoms with Crippen LogP contribution in [0.2, 0.25) is 0 Å². The first-order chi connectivity index (χ1) is 15.7. The average Bonchev–Trinajstić information content (AvgIpc) is 3.35. The van der Waals surface area contributed by atoms with E-state index in [-0.39, 0.29) is 5.82 Å². The van der Waals surface area contributed by atoms with Crippen molar-refractivity contribution >= 4 is 11.8 Å². The first kappa shape index (κ1) is 18.9. The molecule has 9 nitrogen and oxygen atoms in total. The van der Waals surface area contributed by atoms with Crippen molar-refractivity contribution in [2.45, 2.75) is 12.3 Å². The minimum absolute atomic E-state index is 0.226. The predicted octanol–water partition coefficient (Wildman–Crippen LogP) is 2.63. The molecule has 3 aromatic heterocycles. The van der Waals surface area contributed by atoms with Crippen LogP contribution in [-0.2, 0) is 6.42 Å². The van der Waals surface area contributed by atoms with Gasteiger partial charge in [-0.2, -0.15) is 15.4 Å². The SMILES string of the molecule is Fc1ccc(CCNc2nccc(-c3ncc(N4CC5C(C4)C5c4cn[nH]n4)[nH]3)n2)cc1. The number of nitrogens with one attached hydrogen (secondary N) is 3. The van der Waals surface area contributed by atoms with Gasteiger partial charge in [0.15, 0.2) is 5.82 Å². The molecule has 2 atom stereocenters. The third kappa shape index (κ3) is 3.57. The van der Waals surface area contributed by atoms with E-state index in [1.165, 1.54) is 12.1 Å². The highest BCUT2D eigenvalue weighted by atomic mass is 19.1. The molecule has 2 aliphatic rings. The van der Waals surface area contributed by atoms with Gasteiger partial charge in [0.1, 0.15) is 17.3 Å². The summed E-state index contributed by atoms with van der Waals surface area (Å²) in [5, 5.41) is 14.1. The summed E-state index contributed by atoms with van der Waals surface area (Å²) in [6, 6.07) is 8.36. The van der Waals surface area contributed by atoms with E-state index in [0.29, 0.717) is 30.2 Å². The first-order valence-electron chi connectivity index (χ1n) is 10.7. The molecule has 0 spiro atoms. The van der Waals surface area contributed by atoms with Crippen molar-refractivity contribution in [3.05, 3.63) is 66.0 Å². The van der Waals surface area contributed by atoms with Crippen molar-refractivity contribution < 1.29 is 4.39 Å². The molecule has 4 heterocycles. The van der Waals surface area contributed by atoms with Crippen molar-refractivity contribution in [3.63, 3.8) is 0 Å². The fourth-order valence-electron chi connectivity index (χ4n) is 4.68. The summed E-state index contributed by atoms with van der Waals surface area (Å²) in [4.78, 5) is 19.2. The van der Waals surface area contributed by atoms with Crippen molar-refractivity contribution in [2.75, 3.05) is 29.9 Å². The lowest BCUT2D eigenvalue weighted by Crippen LogP contribution is -2.23. The summed E-state index contributed by atoms with van der Waals surface area (Å²) >= 11 is 0. The van der Waals surface area contributed by atoms with Crippen molar-refractivity contribution in [3.8, 4) is 11.5 Å². The van der Waals surface area contributed by atoms with Gasteiger partial charge in [-0.15, -0.1) is 0 Å². The summed E-state index contributed by atoms with van der Waals surface area (Å²) in [6.45, 7) is 2.63. The summed E-state index contributed by atoms with van der Waals surface area (Å²) < 4.78 is 13.0. The second kappa shape index (κ2) is 7.70. The molecule has 1 aliphatic carbocycles. The summed E-state index contributed by atoms with van der Waals surface area (Å²) in [5.41, 5.74) is 2.87. The lowest BCUT2D eigenvalue weighted by atomic mass is 10.1. The molecule has 1 saturated carbocycles. The van der Waals surface area contributed by atoms with Gasteiger partial charge in [0.25, 0.3) is 0 Å². The molecule has 2 unspecified atom stereocenters. The molecule has 10 heteroatoms. The second-order valence-electron chi connectivity index (χ2n) is 8.34. The van der Waals surface area contributed by atoms with E-state index in [1.54, 1.807) is 18.3 Å². The topological polar surface area (TPSA) is 111 Å². The van der Waals surface area contributed by atoms with Crippen LogP contribution in [0.15, 0.2) is 48.9 Å². The van der Waals surface area contributed by atoms with Crippen LogP contribution in [0.5, 0.6) is 0 Å². The Balaban J connectivity index is 1.07. The van der Waals surface area contributed by atoms with Gasteiger partial charge in [0.05, 0.1) is 18.1 Å². The zero-order valence-corrected chi connectivity index (χ0v) is 17.2. The van der Waals surface area contributed by atoms with E-state index in [4.69, 9.17) is 0 Å². The Morgan fingerprint density at radius 2 is 1.91 bits per heavy atom. The number of aromatic amines is 2. The molecule has 0 amide bonds. The molecule has 0 bridgehead atoms. The molecule has 0 radical (unpaired) electrons. The smallest absolute Gasteiger partial charge is 0.223 e. The predicted molar refractivity (Wildman–Crippen MR) is 117 cm³/mol. The van der Waals surface area contributed by atoms with Gasteiger partial charge >= 0.3 is 0 Å². The summed E-state index contributed by atoms with van der Waals surface area (Å²) in [7, 11) is 0. The quantitative estimate of drug-likeness (QED) is 0.412. The van der Waals surface area contributed by atoms with E-state index in [2.05, 4.69) is 45.6 Å². The highest BCUT2D eigenvalue weighted by Gasteiger charge is 2.57. The van der Waals surface area contributed by atoms with Gasteiger partial charge in [0, 0.05) is 31.7 Å². The maximum atomic E-state index is 13.0. The van der Waals surface area contributed by atoms with Crippen LogP contribution in [0, 0.1) is 17.7 Å². The van der Waals surface area contributed by atoms with Crippen LogP contribution < -0.4 is 10.2 Å². The Morgan fingerprint density at radius 3 is 2.69 bits per heavy atom. The van der Waals surface area contributed by atoms with Crippen LogP contribution in [0.25, 0.3) is 11.5 Å². The molecule has 1 aliphatic heterocycles. The number of anilines is 2. The Morgan fingerprint density at radius 1 is 1.06 bits per heavy atom. The Kier molecular flexibility index (Phi) is 4.55. The van der Waals surface area contributed by atoms with Crippen LogP contribution in [-0.4, -0.2) is 55.0 Å². The van der Waals surface area contributed by atoms with Gasteiger partial charge in [-0.3, -0.25) is 0 Å². The fraction of sp³-hybridized carbons (Fsp3) is 0.318. The van der Waals surface area contributed by atoms with E-state index >= 15 is 0 Å². The third-order valence-electron chi connectivity index (χ3n) is 6.38. The molecular weight excluding hydrogens is 409 g/mol. The van der Waals surface area contributed by atoms with Crippen molar-refractivity contribution in [1.82, 2.24) is 35.3 Å². The van der Waals surface area contributed by atoms with E-state index in [0.717, 1.165) is 48.1 Å². The van der Waals surface area contributed by atoms with E-state index in [1.807, 2.05) is 18.5 Å². The molecule has 3 N–H and O–H groups in total. The number of nitrogens with zero attached hydrogens (tertiary/aromatic N) is 6. The van der Waals surface area contributed by atoms with Gasteiger partial charge in [-0.05, 0) is 42.0 Å². The van der Waals surface area contributed by atoms with Crippen LogP contribution in [0.4, 0.5) is 16.2 Å². The van der Waals surface area contributed by atoms with Gasteiger partial charge in [0.2, 0.25) is 5.95 Å². The zero-order chi connectivity index (χ0) is 21.5. The maximum absolute atomic E-state index is 13.0. The molecule has 162 valence electrons. The lowest BCUT2D eigenvalue weighted by molar-refractivity contribution is 0.627. The lowest BCUT2D eigenvalue weighted by Gasteiger charge is -2.19. The summed E-state index contributed by atoms with van der Waals surface area (Å²) in [6.07, 6.45) is 6.18. The fourth-order valence-corrected chi connectivity index (χ4v) is 4.68. The zero-order valence-electron chi connectivity index (χ0n) is 17.2. The number of piperidine rings is 1. The van der Waals surface area contributed by atoms with E-state index in [9.17, 15) is 4.39 Å². The first-order valence-corrected chi connectivity index (χ1v) is 10.7. The number of halogens is 1. The Hall–Kier alpha value is -3.82. The van der Waals surface area contributed by atoms with Crippen LogP contribution in [0.3, 0.4) is 0 Å². The molecule has 6 rings (SSSR count). The highest BCUT2D eigenvalue weighted by molar-refractivity contribution is 5.56. The molecule has 4 aromatic rings. The number of imidazole rings is 1. The number of rotatable bonds is 7. The minimum Gasteiger partial charge on any atom is -0.356 e. The number of aromatic nitrogens is 7. The molecule has 1 saturated heterocycles. The van der Waals surface area contributed by atoms with Gasteiger partial charge in [-0.25, -0.2) is 19.3 Å². The van der Waals surface area contributed by atoms with Crippen LogP contribution in [0.1, 0.15) is 17.2 Å². The standard InChI is InChI=1S/C22H22FN9/c23-14-3-1-13(2-4-14)5-7-24-22-25-8-6-17(28-22)21-26-10-19(29-21)32-11-15-16(12-32)20(15)18-9-27-31-30-18/h1-4,6,8-10,15-16,20H,5,7,11-12H2,(H,26,29)(H,24,25,28)(H,27,30,31). The van der Waals surface area contributed by atoms with Crippen molar-refractivity contribution in [2.24, 2.45) is 11.8 Å². The average molecular weight is 431 g/mol. The molecule has 32 heavy (non-hydrogen) atoms. The number of hydrogen-bond acceptors (Lipinski definition) is 7. The molecular formula is C22H22FN9. The van der Waals surface area contributed by atoms with Gasteiger partial charge < -0.3 is 15.2 Å². The molecule has 2 fully saturated rings. The number of hydrogen-bond donors (Lipinski definition) is 3. The van der Waals surface area contributed by atoms with Crippen molar-refractivity contribution in [1.29, 1.82) is 0 Å². The normalized spacial score (nSPS) is 21.5. The largest absolute Gasteiger partial charge is 0.356 e. The summed E-state index contributed by atoms with van der Waals surface area (Å²) in [5.74, 6) is 3.83. The number of benzene rings is 1. The molecule has 1 aromatic carbocycles. The van der Waals surface area contributed by atoms with E-state index < -0.39 is 0 Å². The monoisotopic (exact) mass is 431 g/mol. The Bertz CT molecular complexity index is 1190. The highest BCUT2D eigenvalue weighted by Crippen LogP contribution is 2.57. The minimum atomic E-state index is -0.226. The number of fused-ring (bicyclic) bond motifs is 1. The second-order valence-corrected chi connectivity index (χ2v) is 8.34. The maximum Gasteiger partial charge on any atom is 0.223 e. The van der Waals surface area contributed by atoms with Gasteiger partial charge in [-0.1, -0.05) is 12.1 Å². The number of H-pyrrole nitrogens is 2.